The van der Waals surface area contributed by atoms with Crippen molar-refractivity contribution in [3.63, 3.8) is 0 Å². The van der Waals surface area contributed by atoms with E-state index in [2.05, 4.69) is 88.8 Å². The van der Waals surface area contributed by atoms with Gasteiger partial charge in [0.25, 0.3) is 0 Å². The molecule has 0 aromatic carbocycles. The molecule has 135 valence electrons. The van der Waals surface area contributed by atoms with Gasteiger partial charge in [0.2, 0.25) is 0 Å². The fourth-order valence-corrected chi connectivity index (χ4v) is 26.6. The van der Waals surface area contributed by atoms with Crippen molar-refractivity contribution in [2.45, 2.75) is 59.6 Å². The van der Waals surface area contributed by atoms with E-state index < -0.39 is 43.0 Å². The predicted molar refractivity (Wildman–Crippen MR) is 108 cm³/mol. The molecule has 0 heterocycles. The van der Waals surface area contributed by atoms with E-state index in [0.29, 0.717) is 0 Å². The minimum atomic E-state index is -1.45. The van der Waals surface area contributed by atoms with Crippen LogP contribution >= 0.6 is 0 Å². The SMILES string of the molecule is C[SiH](C)[Zr+2]([CH]1C=CC([Si](C)(C)C)=C1)[CH]1C=CC([Si](C)(C)C)=C1.[Cl-].[Cl-]. The van der Waals surface area contributed by atoms with Crippen molar-refractivity contribution in [3.05, 3.63) is 46.8 Å². The van der Waals surface area contributed by atoms with E-state index in [1.807, 2.05) is 0 Å². The second-order valence-electron chi connectivity index (χ2n) is 9.17. The van der Waals surface area contributed by atoms with Crippen LogP contribution in [-0.2, 0) is 20.9 Å². The zero-order valence-corrected chi connectivity index (χ0v) is 23.6. The molecule has 2 aliphatic rings. The van der Waals surface area contributed by atoms with Gasteiger partial charge in [0.1, 0.15) is 0 Å². The fraction of sp³-hybridized carbons (Fsp3) is 0.556. The molecule has 0 amide bonds. The molecule has 0 saturated carbocycles. The van der Waals surface area contributed by atoms with E-state index >= 15 is 0 Å². The first kappa shape index (κ1) is 25.1. The molecule has 2 unspecified atom stereocenters. The largest absolute Gasteiger partial charge is 1.00 e. The summed E-state index contributed by atoms with van der Waals surface area (Å²) in [5.41, 5.74) is 0. The summed E-state index contributed by atoms with van der Waals surface area (Å²) in [5, 5.41) is 3.42. The number of halogens is 2. The van der Waals surface area contributed by atoms with Gasteiger partial charge in [0.15, 0.2) is 0 Å². The van der Waals surface area contributed by atoms with E-state index in [1.165, 1.54) is 0 Å². The third-order valence-electron chi connectivity index (χ3n) is 4.85. The average Bonchev–Trinajstić information content (AvgIpc) is 2.95. The van der Waals surface area contributed by atoms with Gasteiger partial charge >= 0.3 is 149 Å². The van der Waals surface area contributed by atoms with Gasteiger partial charge in [-0.25, -0.2) is 0 Å². The first-order valence-electron chi connectivity index (χ1n) is 8.68. The normalized spacial score (nSPS) is 22.9. The van der Waals surface area contributed by atoms with Gasteiger partial charge in [-0.2, -0.15) is 0 Å². The van der Waals surface area contributed by atoms with Crippen LogP contribution in [0.5, 0.6) is 0 Å². The van der Waals surface area contributed by atoms with Crippen LogP contribution in [0, 0.1) is 0 Å². The van der Waals surface area contributed by atoms with Crippen LogP contribution in [0.15, 0.2) is 46.8 Å². The molecule has 6 heteroatoms. The van der Waals surface area contributed by atoms with Crippen molar-refractivity contribution < 1.29 is 45.7 Å². The van der Waals surface area contributed by atoms with Crippen LogP contribution in [0.1, 0.15) is 0 Å². The van der Waals surface area contributed by atoms with E-state index in [0.717, 1.165) is 7.25 Å². The number of allylic oxidation sites excluding steroid dienone is 8. The molecule has 0 saturated heterocycles. The van der Waals surface area contributed by atoms with E-state index in [-0.39, 0.29) is 24.8 Å². The van der Waals surface area contributed by atoms with Crippen LogP contribution in [0.25, 0.3) is 0 Å². The molecule has 0 N–H and O–H groups in total. The van der Waals surface area contributed by atoms with Gasteiger partial charge in [-0.15, -0.1) is 0 Å². The maximum atomic E-state index is 2.71. The van der Waals surface area contributed by atoms with Gasteiger partial charge in [0, 0.05) is 0 Å². The topological polar surface area (TPSA) is 0 Å². The van der Waals surface area contributed by atoms with E-state index in [9.17, 15) is 0 Å². The summed E-state index contributed by atoms with van der Waals surface area (Å²) in [7, 11) is -2.27. The second kappa shape index (κ2) is 9.32. The first-order valence-corrected chi connectivity index (χ1v) is 25.7. The van der Waals surface area contributed by atoms with Crippen LogP contribution in [0.2, 0.25) is 59.6 Å². The third-order valence-corrected chi connectivity index (χ3v) is 30.3. The summed E-state index contributed by atoms with van der Waals surface area (Å²) >= 11 is -1.45. The third kappa shape index (κ3) is 6.06. The van der Waals surface area contributed by atoms with Crippen molar-refractivity contribution in [1.29, 1.82) is 0 Å². The Hall–Kier alpha value is 1.07. The molecule has 0 aromatic heterocycles. The molecule has 0 bridgehead atoms. The molecule has 0 aromatic rings. The zero-order valence-electron chi connectivity index (χ0n) is 16.5. The van der Waals surface area contributed by atoms with Crippen molar-refractivity contribution >= 4 is 22.1 Å². The molecule has 0 fully saturated rings. The Bertz CT molecular complexity index is 506. The Kier molecular flexibility index (Phi) is 9.74. The average molecular weight is 496 g/mol. The Balaban J connectivity index is 0.00000264. The maximum absolute atomic E-state index is 2.71. The minimum absolute atomic E-state index is 0. The molecule has 2 aliphatic carbocycles. The standard InChI is InChI=1S/2C8H13Si.C2H7Si.2ClH.Zr/c2*1-9(2,3)8-6-4-5-7-8;1-3-2;;;/h2*4-7H,1-3H3;3H,1-2H3;2*1H;/q;;;;;+2/p-2. The van der Waals surface area contributed by atoms with Gasteiger partial charge < -0.3 is 24.8 Å². The Labute approximate surface area is 173 Å². The second-order valence-corrected chi connectivity index (χ2v) is 39.8. The fourth-order valence-electron chi connectivity index (χ4n) is 3.43. The van der Waals surface area contributed by atoms with Gasteiger partial charge in [-0.05, 0) is 0 Å². The molecule has 0 radical (unpaired) electrons. The van der Waals surface area contributed by atoms with Crippen LogP contribution in [0.4, 0.5) is 0 Å². The number of rotatable bonds is 5. The predicted octanol–water partition coefficient (Wildman–Crippen LogP) is -0.0798. The van der Waals surface area contributed by atoms with Crippen LogP contribution in [-0.4, -0.2) is 22.1 Å². The quantitative estimate of drug-likeness (QED) is 0.468. The zero-order chi connectivity index (χ0) is 16.7. The monoisotopic (exact) mass is 493 g/mol. The van der Waals surface area contributed by atoms with E-state index in [4.69, 9.17) is 0 Å². The van der Waals surface area contributed by atoms with Crippen molar-refractivity contribution in [1.82, 2.24) is 0 Å². The van der Waals surface area contributed by atoms with Gasteiger partial charge in [-0.1, -0.05) is 0 Å². The summed E-state index contributed by atoms with van der Waals surface area (Å²) in [5.74, 6) is -0.518. The van der Waals surface area contributed by atoms with Gasteiger partial charge in [-0.3, -0.25) is 0 Å². The van der Waals surface area contributed by atoms with Crippen LogP contribution < -0.4 is 24.8 Å². The molecule has 0 spiro atoms. The van der Waals surface area contributed by atoms with E-state index in [1.54, 1.807) is 10.4 Å². The molecular formula is C18H33Cl2Si3Zr. The summed E-state index contributed by atoms with van der Waals surface area (Å²) in [4.78, 5) is 0. The molecule has 24 heavy (non-hydrogen) atoms. The Morgan fingerprint density at radius 1 is 0.750 bits per heavy atom. The molecule has 2 atom stereocenters. The minimum Gasteiger partial charge on any atom is -1.00 e. The number of hydrogen-bond acceptors (Lipinski definition) is 0. The summed E-state index contributed by atoms with van der Waals surface area (Å²) in [6.07, 6.45) is 15.6. The maximum Gasteiger partial charge on any atom is -1.00 e. The Morgan fingerprint density at radius 2 is 1.08 bits per heavy atom. The van der Waals surface area contributed by atoms with Gasteiger partial charge in [0.05, 0.1) is 0 Å². The summed E-state index contributed by atoms with van der Waals surface area (Å²) in [6, 6.07) is 0. The van der Waals surface area contributed by atoms with Crippen molar-refractivity contribution in [2.24, 2.45) is 0 Å². The van der Waals surface area contributed by atoms with Crippen molar-refractivity contribution in [2.75, 3.05) is 0 Å². The summed E-state index contributed by atoms with van der Waals surface area (Å²) < 4.78 is 1.75. The van der Waals surface area contributed by atoms with Crippen LogP contribution in [0.3, 0.4) is 0 Å². The molecule has 0 aliphatic heterocycles. The molecular weight excluding hydrogens is 463 g/mol. The molecule has 2 rings (SSSR count). The first-order chi connectivity index (χ1) is 10.00. The molecule has 0 nitrogen and oxygen atoms in total. The van der Waals surface area contributed by atoms with Crippen molar-refractivity contribution in [3.8, 4) is 0 Å². The Morgan fingerprint density at radius 3 is 1.29 bits per heavy atom. The summed E-state index contributed by atoms with van der Waals surface area (Å²) in [6.45, 7) is 20.2. The smallest absolute Gasteiger partial charge is 1.00 e. The number of hydrogen-bond donors (Lipinski definition) is 0.